The minimum Gasteiger partial charge on any atom is -0.497 e. The van der Waals surface area contributed by atoms with Gasteiger partial charge < -0.3 is 20.1 Å². The number of benzene rings is 2. The Kier molecular flexibility index (Phi) is 8.51. The summed E-state index contributed by atoms with van der Waals surface area (Å²) >= 11 is 0. The first-order valence-corrected chi connectivity index (χ1v) is 12.5. The number of piperidine rings is 1. The summed E-state index contributed by atoms with van der Waals surface area (Å²) in [5, 5.41) is 5.55. The van der Waals surface area contributed by atoms with Gasteiger partial charge in [0, 0.05) is 31.1 Å². The van der Waals surface area contributed by atoms with Gasteiger partial charge in [-0.1, -0.05) is 18.2 Å². The highest BCUT2D eigenvalue weighted by Gasteiger charge is 2.33. The van der Waals surface area contributed by atoms with Gasteiger partial charge >= 0.3 is 0 Å². The molecule has 2 aromatic carbocycles. The monoisotopic (exact) mass is 489 g/mol. The first kappa shape index (κ1) is 25.5. The summed E-state index contributed by atoms with van der Waals surface area (Å²) in [5.74, 6) is 0.346. The Morgan fingerprint density at radius 2 is 1.68 bits per heavy atom. The maximum Gasteiger partial charge on any atom is 0.243 e. The van der Waals surface area contributed by atoms with Gasteiger partial charge in [0.15, 0.2) is 0 Å². The molecule has 0 unspecified atom stereocenters. The topological polar surface area (TPSA) is 114 Å². The fraction of sp³-hybridized carbons (Fsp3) is 0.417. The predicted octanol–water partition coefficient (Wildman–Crippen LogP) is 1.93. The molecule has 1 fully saturated rings. The zero-order chi connectivity index (χ0) is 24.7. The molecule has 0 radical (unpaired) electrons. The van der Waals surface area contributed by atoms with Crippen LogP contribution < -0.4 is 20.1 Å². The fourth-order valence-electron chi connectivity index (χ4n) is 3.84. The van der Waals surface area contributed by atoms with Crippen LogP contribution in [0.4, 0.5) is 0 Å². The maximum absolute atomic E-state index is 12.9. The molecule has 1 heterocycles. The number of hydrogen-bond donors (Lipinski definition) is 2. The molecule has 34 heavy (non-hydrogen) atoms. The van der Waals surface area contributed by atoms with Gasteiger partial charge in [-0.3, -0.25) is 9.59 Å². The molecule has 9 nitrogen and oxygen atoms in total. The molecule has 2 aromatic rings. The molecular formula is C24H31N3O6S. The van der Waals surface area contributed by atoms with Crippen LogP contribution in [0, 0.1) is 5.92 Å². The van der Waals surface area contributed by atoms with Gasteiger partial charge in [0.05, 0.1) is 19.1 Å². The van der Waals surface area contributed by atoms with E-state index in [0.29, 0.717) is 24.3 Å². The quantitative estimate of drug-likeness (QED) is 0.556. The number of para-hydroxylation sites is 1. The second-order valence-corrected chi connectivity index (χ2v) is 10.1. The number of rotatable bonds is 9. The van der Waals surface area contributed by atoms with Crippen LogP contribution in [-0.2, 0) is 26.2 Å². The van der Waals surface area contributed by atoms with Crippen molar-refractivity contribution in [1.29, 1.82) is 0 Å². The number of carbonyl (C=O) groups excluding carboxylic acids is 2. The third-order valence-corrected chi connectivity index (χ3v) is 7.83. The van der Waals surface area contributed by atoms with Crippen LogP contribution in [0.3, 0.4) is 0 Å². The summed E-state index contributed by atoms with van der Waals surface area (Å²) in [5.41, 5.74) is 0.835. The van der Waals surface area contributed by atoms with Crippen molar-refractivity contribution in [2.75, 3.05) is 27.3 Å². The zero-order valence-corrected chi connectivity index (χ0v) is 20.4. The van der Waals surface area contributed by atoms with E-state index in [1.54, 1.807) is 26.2 Å². The smallest absolute Gasteiger partial charge is 0.243 e. The Hall–Kier alpha value is -3.11. The molecule has 10 heteroatoms. The number of hydrogen-bond acceptors (Lipinski definition) is 6. The summed E-state index contributed by atoms with van der Waals surface area (Å²) in [7, 11) is -0.556. The van der Waals surface area contributed by atoms with Gasteiger partial charge in [-0.25, -0.2) is 8.42 Å². The molecule has 184 valence electrons. The summed E-state index contributed by atoms with van der Waals surface area (Å²) in [4.78, 5) is 25.3. The van der Waals surface area contributed by atoms with E-state index in [4.69, 9.17) is 9.47 Å². The number of methoxy groups -OCH3 is 2. The third-order valence-electron chi connectivity index (χ3n) is 5.92. The number of nitrogens with zero attached hydrogens (tertiary/aromatic N) is 1. The second-order valence-electron chi connectivity index (χ2n) is 8.11. The Balaban J connectivity index is 1.49. The van der Waals surface area contributed by atoms with Crippen LogP contribution >= 0.6 is 0 Å². The van der Waals surface area contributed by atoms with Crippen molar-refractivity contribution in [3.8, 4) is 11.5 Å². The summed E-state index contributed by atoms with van der Waals surface area (Å²) < 4.78 is 37.5. The molecule has 2 amide bonds. The minimum atomic E-state index is -3.64. The average Bonchev–Trinajstić information content (AvgIpc) is 2.87. The van der Waals surface area contributed by atoms with Gasteiger partial charge in [0.2, 0.25) is 21.8 Å². The van der Waals surface area contributed by atoms with E-state index in [0.717, 1.165) is 5.56 Å². The van der Waals surface area contributed by atoms with Gasteiger partial charge in [-0.05, 0) is 50.1 Å². The normalized spacial score (nSPS) is 15.9. The van der Waals surface area contributed by atoms with E-state index in [1.807, 2.05) is 24.3 Å². The molecule has 2 N–H and O–H groups in total. The lowest BCUT2D eigenvalue weighted by molar-refractivity contribution is -0.131. The van der Waals surface area contributed by atoms with Crippen LogP contribution in [0.25, 0.3) is 0 Å². The van der Waals surface area contributed by atoms with Gasteiger partial charge in [-0.2, -0.15) is 4.31 Å². The van der Waals surface area contributed by atoms with E-state index in [1.165, 1.54) is 23.5 Å². The predicted molar refractivity (Wildman–Crippen MR) is 127 cm³/mol. The minimum absolute atomic E-state index is 0.191. The Morgan fingerprint density at radius 3 is 2.29 bits per heavy atom. The van der Waals surface area contributed by atoms with Crippen molar-refractivity contribution in [3.63, 3.8) is 0 Å². The standard InChI is InChI=1S/C24H31N3O6S/c1-17(23(28)25-16-19-6-4-5-7-22(19)33-3)26-24(29)18-12-14-27(15-13-18)34(30,31)21-10-8-20(32-2)9-11-21/h4-11,17-18H,12-16H2,1-3H3,(H,25,28)(H,26,29)/t17-/m0/s1. The molecule has 3 rings (SSSR count). The van der Waals surface area contributed by atoms with Gasteiger partial charge in [0.1, 0.15) is 17.5 Å². The molecule has 1 aliphatic heterocycles. The molecule has 0 aromatic heterocycles. The fourth-order valence-corrected chi connectivity index (χ4v) is 5.31. The SMILES string of the molecule is COc1ccc(S(=O)(=O)N2CCC(C(=O)N[C@@H](C)C(=O)NCc3ccccc3OC)CC2)cc1. The van der Waals surface area contributed by atoms with Crippen molar-refractivity contribution >= 4 is 21.8 Å². The molecule has 1 aliphatic rings. The van der Waals surface area contributed by atoms with Gasteiger partial charge in [-0.15, -0.1) is 0 Å². The molecular weight excluding hydrogens is 458 g/mol. The number of sulfonamides is 1. The van der Waals surface area contributed by atoms with Crippen molar-refractivity contribution in [2.45, 2.75) is 37.2 Å². The summed E-state index contributed by atoms with van der Waals surface area (Å²) in [6, 6.07) is 12.9. The van der Waals surface area contributed by atoms with E-state index in [2.05, 4.69) is 10.6 Å². The Bertz CT molecular complexity index is 1100. The van der Waals surface area contributed by atoms with E-state index < -0.39 is 16.1 Å². The van der Waals surface area contributed by atoms with Crippen LogP contribution in [0.2, 0.25) is 0 Å². The van der Waals surface area contributed by atoms with Gasteiger partial charge in [0.25, 0.3) is 0 Å². The number of ether oxygens (including phenoxy) is 2. The highest BCUT2D eigenvalue weighted by atomic mass is 32.2. The van der Waals surface area contributed by atoms with Crippen LogP contribution in [0.5, 0.6) is 11.5 Å². The molecule has 0 spiro atoms. The first-order chi connectivity index (χ1) is 16.3. The number of amides is 2. The molecule has 1 saturated heterocycles. The molecule has 0 aliphatic carbocycles. The highest BCUT2D eigenvalue weighted by Crippen LogP contribution is 2.25. The first-order valence-electron chi connectivity index (χ1n) is 11.1. The second kappa shape index (κ2) is 11.3. The third kappa shape index (κ3) is 6.06. The molecule has 0 bridgehead atoms. The largest absolute Gasteiger partial charge is 0.497 e. The number of nitrogens with one attached hydrogen (secondary N) is 2. The molecule has 0 saturated carbocycles. The van der Waals surface area contributed by atoms with Crippen molar-refractivity contribution in [1.82, 2.24) is 14.9 Å². The molecule has 1 atom stereocenters. The maximum atomic E-state index is 12.9. The summed E-state index contributed by atoms with van der Waals surface area (Å²) in [6.45, 7) is 2.38. The highest BCUT2D eigenvalue weighted by molar-refractivity contribution is 7.89. The Labute approximate surface area is 200 Å². The lowest BCUT2D eigenvalue weighted by Crippen LogP contribution is -2.49. The van der Waals surface area contributed by atoms with Crippen LogP contribution in [-0.4, -0.2) is 57.9 Å². The van der Waals surface area contributed by atoms with Crippen LogP contribution in [0.1, 0.15) is 25.3 Å². The van der Waals surface area contributed by atoms with Crippen molar-refractivity contribution in [2.24, 2.45) is 5.92 Å². The van der Waals surface area contributed by atoms with E-state index in [9.17, 15) is 18.0 Å². The lowest BCUT2D eigenvalue weighted by atomic mass is 9.97. The Morgan fingerprint density at radius 1 is 1.03 bits per heavy atom. The summed E-state index contributed by atoms with van der Waals surface area (Å²) in [6.07, 6.45) is 0.771. The van der Waals surface area contributed by atoms with Crippen molar-refractivity contribution < 1.29 is 27.5 Å². The average molecular weight is 490 g/mol. The lowest BCUT2D eigenvalue weighted by Gasteiger charge is -2.31. The van der Waals surface area contributed by atoms with E-state index >= 15 is 0 Å². The van der Waals surface area contributed by atoms with Crippen LogP contribution in [0.15, 0.2) is 53.4 Å². The van der Waals surface area contributed by atoms with E-state index in [-0.39, 0.29) is 42.3 Å². The van der Waals surface area contributed by atoms with Crippen molar-refractivity contribution in [3.05, 3.63) is 54.1 Å². The number of carbonyl (C=O) groups is 2. The zero-order valence-electron chi connectivity index (χ0n) is 19.6.